The Morgan fingerprint density at radius 3 is 0.493 bits per heavy atom. The van der Waals surface area contributed by atoms with Gasteiger partial charge in [0.25, 0.3) is 0 Å². The van der Waals surface area contributed by atoms with Crippen molar-refractivity contribution in [3.63, 3.8) is 0 Å². The number of rotatable bonds is 0. The summed E-state index contributed by atoms with van der Waals surface area (Å²) in [4.78, 5) is 11.1. The van der Waals surface area contributed by atoms with Gasteiger partial charge in [-0.3, -0.25) is 4.98 Å². The van der Waals surface area contributed by atoms with Crippen molar-refractivity contribution >= 4 is 22.1 Å². The minimum absolute atomic E-state index is 0.833. The molecule has 0 unspecified atom stereocenters. The van der Waals surface area contributed by atoms with Gasteiger partial charge in [0, 0.05) is 24.8 Å². The van der Waals surface area contributed by atoms with Gasteiger partial charge in [-0.2, -0.15) is 11.3 Å². The lowest BCUT2D eigenvalue weighted by Crippen LogP contribution is -1.67. The maximum atomic E-state index is 3.78. The Balaban J connectivity index is -0.0000000870. The van der Waals surface area contributed by atoms with E-state index in [9.17, 15) is 0 Å². The molecule has 0 aliphatic carbocycles. The molecule has 6 aromatic rings. The number of hydrogen-bond acceptors (Lipinski definition) is 4. The minimum atomic E-state index is 0.833. The number of pyridine rings is 1. The molecule has 0 N–H and O–H groups in total. The molecule has 3 nitrogen and oxygen atoms in total. The van der Waals surface area contributed by atoms with Crippen LogP contribution in [0.3, 0.4) is 0 Å². The van der Waals surface area contributed by atoms with Crippen molar-refractivity contribution < 1.29 is 0 Å². The van der Waals surface area contributed by atoms with Crippen LogP contribution in [0.5, 0.6) is 0 Å². The molecule has 3 aromatic carbocycles. The van der Waals surface area contributed by atoms with E-state index in [-0.39, 0.29) is 0 Å². The summed E-state index contributed by atoms with van der Waals surface area (Å²) in [6.45, 7) is 65.0. The Hall–Kier alpha value is -4.15. The second kappa shape index (κ2) is 76.8. The van der Waals surface area contributed by atoms with E-state index in [4.69, 9.17) is 0 Å². The van der Waals surface area contributed by atoms with Crippen molar-refractivity contribution in [1.82, 2.24) is 15.0 Å². The van der Waals surface area contributed by atoms with E-state index in [0.29, 0.717) is 0 Å². The van der Waals surface area contributed by atoms with Crippen LogP contribution in [0.15, 0.2) is 163 Å². The van der Waals surface area contributed by atoms with Crippen LogP contribution in [0.25, 0.3) is 10.8 Å². The first kappa shape index (κ1) is 88.5. The van der Waals surface area contributed by atoms with Gasteiger partial charge in [-0.1, -0.05) is 311 Å². The van der Waals surface area contributed by atoms with Crippen LogP contribution in [0.2, 0.25) is 0 Å². The molecule has 0 aliphatic heterocycles. The third-order valence-corrected chi connectivity index (χ3v) is 4.42. The van der Waals surface area contributed by atoms with Gasteiger partial charge in [0.1, 0.15) is 6.33 Å². The summed E-state index contributed by atoms with van der Waals surface area (Å²) in [7, 11) is 0. The number of aromatic nitrogens is 3. The molecule has 73 heavy (non-hydrogen) atoms. The highest BCUT2D eigenvalue weighted by Crippen LogP contribution is 2.11. The summed E-state index contributed by atoms with van der Waals surface area (Å²) in [6.07, 6.45) is 8.38. The molecule has 3 heterocycles. The Morgan fingerprint density at radius 2 is 0.397 bits per heavy atom. The fraction of sp³-hybridized carbons (Fsp3) is 0.580. The zero-order chi connectivity index (χ0) is 58.8. The Labute approximate surface area is 464 Å². The quantitative estimate of drug-likeness (QED) is 0.152. The molecule has 4 heteroatoms. The van der Waals surface area contributed by atoms with Crippen molar-refractivity contribution in [2.24, 2.45) is 59.2 Å². The Kier molecular flexibility index (Phi) is 93.0. The highest BCUT2D eigenvalue weighted by Gasteiger charge is 1.85. The van der Waals surface area contributed by atoms with Crippen molar-refractivity contribution in [2.75, 3.05) is 0 Å². The standard InChI is InChI=1S/C10H8.C6H6.C5H5N.C4H4N2.C4H4S.10C4H10/c1-2-6-10-8-4-3-7-9(10)5-1;2*1-2-4-6-5-3-1;1-2-5-4-6-3-1;1-2-4-5-3-1;10*1-4(2)3/h1-8H;1-6H;1-5H;1-4H;1-4H;10*4H,1-3H3. The molecule has 0 saturated heterocycles. The molecule has 0 spiro atoms. The van der Waals surface area contributed by atoms with Gasteiger partial charge in [0.05, 0.1) is 0 Å². The van der Waals surface area contributed by atoms with Crippen LogP contribution in [-0.4, -0.2) is 15.0 Å². The summed E-state index contributed by atoms with van der Waals surface area (Å²) in [5.74, 6) is 8.33. The minimum Gasteiger partial charge on any atom is -0.265 e. The Bertz CT molecular complexity index is 1260. The fourth-order valence-corrected chi connectivity index (χ4v) is 2.76. The molecule has 0 radical (unpaired) electrons. The van der Waals surface area contributed by atoms with Gasteiger partial charge in [-0.25, -0.2) is 9.97 Å². The maximum Gasteiger partial charge on any atom is 0.115 e. The van der Waals surface area contributed by atoms with E-state index in [1.807, 2.05) is 77.5 Å². The largest absolute Gasteiger partial charge is 0.265 e. The monoisotopic (exact) mass is 1030 g/mol. The van der Waals surface area contributed by atoms with Gasteiger partial charge in [0.15, 0.2) is 0 Å². The summed E-state index contributed by atoms with van der Waals surface area (Å²) in [6, 6.07) is 40.2. The molecule has 0 saturated carbocycles. The first-order valence-electron chi connectivity index (χ1n) is 27.7. The topological polar surface area (TPSA) is 38.7 Å². The first-order valence-corrected chi connectivity index (χ1v) is 28.7. The molecule has 0 bridgehead atoms. The normalized spacial score (nSPS) is 8.82. The molecule has 0 atom stereocenters. The van der Waals surface area contributed by atoms with Crippen LogP contribution >= 0.6 is 11.3 Å². The average Bonchev–Trinajstić information content (AvgIpc) is 3.86. The van der Waals surface area contributed by atoms with Crippen LogP contribution in [0, 0.1) is 59.2 Å². The molecule has 6 rings (SSSR count). The van der Waals surface area contributed by atoms with E-state index in [1.165, 1.54) is 17.1 Å². The van der Waals surface area contributed by atoms with Crippen LogP contribution in [0.1, 0.15) is 208 Å². The first-order chi connectivity index (χ1) is 33.8. The van der Waals surface area contributed by atoms with Crippen molar-refractivity contribution in [3.8, 4) is 0 Å². The second-order valence-corrected chi connectivity index (χ2v) is 24.4. The number of thiophene rings is 1. The average molecular weight is 1030 g/mol. The summed E-state index contributed by atoms with van der Waals surface area (Å²) in [5, 5.41) is 6.70. The molecule has 0 fully saturated rings. The molecule has 0 amide bonds. The summed E-state index contributed by atoms with van der Waals surface area (Å²) >= 11 is 1.71. The van der Waals surface area contributed by atoms with E-state index in [1.54, 1.807) is 42.2 Å². The Morgan fingerprint density at radius 1 is 0.219 bits per heavy atom. The fourth-order valence-electron chi connectivity index (χ4n) is 2.31. The lowest BCUT2D eigenvalue weighted by atomic mass is 10.1. The molecular formula is C69H127N3S. The lowest BCUT2D eigenvalue weighted by Gasteiger charge is -1.92. The molecular weight excluding hydrogens is 903 g/mol. The van der Waals surface area contributed by atoms with Gasteiger partial charge >= 0.3 is 0 Å². The van der Waals surface area contributed by atoms with E-state index in [2.05, 4.69) is 271 Å². The van der Waals surface area contributed by atoms with Gasteiger partial charge < -0.3 is 0 Å². The highest BCUT2D eigenvalue weighted by molar-refractivity contribution is 7.07. The molecule has 3 aromatic heterocycles. The zero-order valence-electron chi connectivity index (χ0n) is 54.1. The van der Waals surface area contributed by atoms with Crippen molar-refractivity contribution in [1.29, 1.82) is 0 Å². The zero-order valence-corrected chi connectivity index (χ0v) is 54.9. The molecule has 424 valence electrons. The van der Waals surface area contributed by atoms with Crippen LogP contribution in [0.4, 0.5) is 0 Å². The molecule has 0 aliphatic rings. The smallest absolute Gasteiger partial charge is 0.115 e. The van der Waals surface area contributed by atoms with Crippen molar-refractivity contribution in [3.05, 3.63) is 163 Å². The number of hydrogen-bond donors (Lipinski definition) is 0. The van der Waals surface area contributed by atoms with Crippen LogP contribution in [-0.2, 0) is 0 Å². The maximum absolute atomic E-state index is 3.78. The predicted octanol–water partition coefficient (Wildman–Crippen LogP) is 24.5. The number of nitrogens with zero attached hydrogens (tertiary/aromatic N) is 3. The van der Waals surface area contributed by atoms with Crippen molar-refractivity contribution in [2.45, 2.75) is 208 Å². The third kappa shape index (κ3) is 217. The predicted molar refractivity (Wildman–Crippen MR) is 346 cm³/mol. The lowest BCUT2D eigenvalue weighted by molar-refractivity contribution is 0.736. The second-order valence-electron chi connectivity index (χ2n) is 23.5. The van der Waals surface area contributed by atoms with Crippen LogP contribution < -0.4 is 0 Å². The summed E-state index contributed by atoms with van der Waals surface area (Å²) < 4.78 is 0. The third-order valence-electron chi connectivity index (χ3n) is 3.79. The van der Waals surface area contributed by atoms with E-state index >= 15 is 0 Å². The number of benzene rings is 3. The highest BCUT2D eigenvalue weighted by atomic mass is 32.1. The van der Waals surface area contributed by atoms with Gasteiger partial charge in [-0.15, -0.1) is 0 Å². The van der Waals surface area contributed by atoms with E-state index < -0.39 is 0 Å². The van der Waals surface area contributed by atoms with Gasteiger partial charge in [-0.05, 0) is 98.9 Å². The summed E-state index contributed by atoms with van der Waals surface area (Å²) in [5.41, 5.74) is 0. The van der Waals surface area contributed by atoms with E-state index in [0.717, 1.165) is 59.2 Å². The SMILES string of the molecule is CC(C)C.CC(C)C.CC(C)C.CC(C)C.CC(C)C.CC(C)C.CC(C)C.CC(C)C.CC(C)C.CC(C)C.c1ccc2ccccc2c1.c1ccccc1.c1ccncc1.c1ccsc1.c1cncnc1. The number of fused-ring (bicyclic) bond motifs is 1. The van der Waals surface area contributed by atoms with Gasteiger partial charge in [0.2, 0.25) is 0 Å².